The van der Waals surface area contributed by atoms with Gasteiger partial charge >= 0.3 is 6.03 Å². The van der Waals surface area contributed by atoms with Gasteiger partial charge in [0.1, 0.15) is 5.41 Å². The molecule has 0 spiro atoms. The second-order valence-corrected chi connectivity index (χ2v) is 11.8. The van der Waals surface area contributed by atoms with Crippen LogP contribution in [-0.2, 0) is 22.6 Å². The molecule has 2 bridgehead atoms. The minimum atomic E-state index is -1.49. The molecule has 2 saturated heterocycles. The number of amides is 4. The maximum atomic E-state index is 14.4. The van der Waals surface area contributed by atoms with E-state index in [-0.39, 0.29) is 30.4 Å². The molecule has 0 unspecified atom stereocenters. The van der Waals surface area contributed by atoms with E-state index in [1.54, 1.807) is 36.4 Å². The molecule has 8 nitrogen and oxygen atoms in total. The Morgan fingerprint density at radius 1 is 0.875 bits per heavy atom. The Balaban J connectivity index is 1.37. The number of anilines is 1. The van der Waals surface area contributed by atoms with Gasteiger partial charge in [-0.2, -0.15) is 0 Å². The van der Waals surface area contributed by atoms with E-state index in [9.17, 15) is 19.2 Å². The smallest absolute Gasteiger partial charge is 0.312 e. The first kappa shape index (κ1) is 26.2. The number of likely N-dealkylation sites (tertiary alicyclic amines) is 1. The van der Waals surface area contributed by atoms with Gasteiger partial charge in [-0.05, 0) is 54.0 Å². The zero-order valence-corrected chi connectivity index (χ0v) is 22.9. The number of carbonyl (C=O) groups is 3. The van der Waals surface area contributed by atoms with Crippen molar-refractivity contribution in [2.45, 2.75) is 45.1 Å². The van der Waals surface area contributed by atoms with Gasteiger partial charge in [0.15, 0.2) is 0 Å². The van der Waals surface area contributed by atoms with E-state index in [1.165, 1.54) is 5.56 Å². The minimum Gasteiger partial charge on any atom is -0.312 e. The number of carbonyl (C=O) groups excluding carboxylic acids is 3. The van der Waals surface area contributed by atoms with Gasteiger partial charge in [-0.3, -0.25) is 19.7 Å². The fourth-order valence-corrected chi connectivity index (χ4v) is 6.71. The summed E-state index contributed by atoms with van der Waals surface area (Å²) in [5.41, 5.74) is 2.00. The lowest BCUT2D eigenvalue weighted by Gasteiger charge is -2.47. The standard InChI is InChI=1S/C32H34N4O4/c1-21(2)24-13-11-22(12-14-24)16-32(29(38)33-31(40)36(30(32)39)26-7-4-3-5-8-26)20-34-17-23-15-25(19-34)27-9-6-10-28(37)35(27)18-23/h3-14,21,23,25H,15-20H2,1-2H3,(H,33,38,40)/t23-,25-,32-/m0/s1. The number of benzene rings is 2. The number of aromatic nitrogens is 1. The largest absolute Gasteiger partial charge is 0.335 e. The third-order valence-electron chi connectivity index (χ3n) is 8.69. The second-order valence-electron chi connectivity index (χ2n) is 11.8. The molecule has 3 aliphatic rings. The molecule has 3 atom stereocenters. The molecule has 8 heteroatoms. The van der Waals surface area contributed by atoms with Gasteiger partial charge in [-0.1, -0.05) is 62.4 Å². The minimum absolute atomic E-state index is 0.0146. The van der Waals surface area contributed by atoms with Gasteiger partial charge in [0, 0.05) is 43.9 Å². The maximum Gasteiger partial charge on any atom is 0.335 e. The molecular formula is C32H34N4O4. The van der Waals surface area contributed by atoms with Crippen molar-refractivity contribution in [1.82, 2.24) is 14.8 Å². The van der Waals surface area contributed by atoms with Crippen LogP contribution in [0.15, 0.2) is 77.6 Å². The van der Waals surface area contributed by atoms with Crippen molar-refractivity contribution < 1.29 is 14.4 Å². The summed E-state index contributed by atoms with van der Waals surface area (Å²) in [6, 6.07) is 21.5. The van der Waals surface area contributed by atoms with E-state index < -0.39 is 23.3 Å². The van der Waals surface area contributed by atoms with E-state index in [4.69, 9.17) is 0 Å². The first-order chi connectivity index (χ1) is 19.2. The molecule has 2 fully saturated rings. The van der Waals surface area contributed by atoms with E-state index in [0.29, 0.717) is 31.2 Å². The van der Waals surface area contributed by atoms with Gasteiger partial charge < -0.3 is 9.47 Å². The number of nitrogens with one attached hydrogen (secondary N) is 1. The van der Waals surface area contributed by atoms with E-state index in [2.05, 4.69) is 24.1 Å². The summed E-state index contributed by atoms with van der Waals surface area (Å²) in [5.74, 6) is -0.334. The summed E-state index contributed by atoms with van der Waals surface area (Å²) in [5, 5.41) is 2.52. The zero-order valence-electron chi connectivity index (χ0n) is 22.9. The van der Waals surface area contributed by atoms with Crippen molar-refractivity contribution in [2.75, 3.05) is 24.5 Å². The lowest BCUT2D eigenvalue weighted by Crippen LogP contribution is -2.68. The van der Waals surface area contributed by atoms with Gasteiger partial charge in [-0.25, -0.2) is 9.69 Å². The zero-order chi connectivity index (χ0) is 28.0. The molecule has 0 saturated carbocycles. The van der Waals surface area contributed by atoms with Crippen molar-refractivity contribution in [3.63, 3.8) is 0 Å². The van der Waals surface area contributed by atoms with Crippen molar-refractivity contribution in [3.05, 3.63) is 100.0 Å². The number of imide groups is 2. The Kier molecular flexibility index (Phi) is 6.66. The van der Waals surface area contributed by atoms with Crippen LogP contribution in [0.2, 0.25) is 0 Å². The maximum absolute atomic E-state index is 14.4. The SMILES string of the molecule is CC(C)c1ccc(C[C@]2(CN3C[C@@H]4C[C@@H](C3)c3cccc(=O)n3C4)C(=O)NC(=O)N(c3ccccc3)C2=O)cc1. The highest BCUT2D eigenvalue weighted by Crippen LogP contribution is 2.39. The number of urea groups is 1. The molecule has 0 aliphatic carbocycles. The average molecular weight is 539 g/mol. The highest BCUT2D eigenvalue weighted by Gasteiger charge is 2.55. The fraction of sp³-hybridized carbons (Fsp3) is 0.375. The van der Waals surface area contributed by atoms with Crippen molar-refractivity contribution in [2.24, 2.45) is 11.3 Å². The molecule has 1 N–H and O–H groups in total. The molecule has 3 aliphatic heterocycles. The van der Waals surface area contributed by atoms with E-state index in [1.807, 2.05) is 41.0 Å². The fourth-order valence-electron chi connectivity index (χ4n) is 6.71. The molecule has 4 amide bonds. The Bertz CT molecular complexity index is 1510. The van der Waals surface area contributed by atoms with Crippen LogP contribution in [0.1, 0.15) is 48.9 Å². The molecule has 4 heterocycles. The number of para-hydroxylation sites is 1. The van der Waals surface area contributed by atoms with Crippen LogP contribution in [-0.4, -0.2) is 46.9 Å². The van der Waals surface area contributed by atoms with Crippen LogP contribution in [0, 0.1) is 11.3 Å². The number of piperidine rings is 1. The van der Waals surface area contributed by atoms with Gasteiger partial charge in [0.2, 0.25) is 5.91 Å². The van der Waals surface area contributed by atoms with Crippen molar-refractivity contribution in [3.8, 4) is 0 Å². The van der Waals surface area contributed by atoms with Gasteiger partial charge in [-0.15, -0.1) is 0 Å². The van der Waals surface area contributed by atoms with Crippen LogP contribution >= 0.6 is 0 Å². The number of rotatable bonds is 6. The summed E-state index contributed by atoms with van der Waals surface area (Å²) in [7, 11) is 0. The Morgan fingerprint density at radius 3 is 2.35 bits per heavy atom. The average Bonchev–Trinajstić information content (AvgIpc) is 2.93. The van der Waals surface area contributed by atoms with Crippen molar-refractivity contribution >= 4 is 23.5 Å². The quantitative estimate of drug-likeness (QED) is 0.481. The molecule has 40 heavy (non-hydrogen) atoms. The molecule has 0 radical (unpaired) electrons. The number of pyridine rings is 1. The van der Waals surface area contributed by atoms with Crippen LogP contribution < -0.4 is 15.8 Å². The summed E-state index contributed by atoms with van der Waals surface area (Å²) in [6.07, 6.45) is 1.15. The lowest BCUT2D eigenvalue weighted by atomic mass is 9.75. The topological polar surface area (TPSA) is 91.7 Å². The summed E-state index contributed by atoms with van der Waals surface area (Å²) >= 11 is 0. The van der Waals surface area contributed by atoms with Crippen LogP contribution in [0.5, 0.6) is 0 Å². The number of barbiturate groups is 1. The predicted octanol–water partition coefficient (Wildman–Crippen LogP) is 3.90. The highest BCUT2D eigenvalue weighted by atomic mass is 16.2. The number of hydrogen-bond acceptors (Lipinski definition) is 5. The summed E-state index contributed by atoms with van der Waals surface area (Å²) in [6.45, 7) is 6.36. The van der Waals surface area contributed by atoms with Gasteiger partial charge in [0.05, 0.1) is 5.69 Å². The number of nitrogens with zero attached hydrogens (tertiary/aromatic N) is 3. The van der Waals surface area contributed by atoms with Crippen molar-refractivity contribution in [1.29, 1.82) is 0 Å². The monoisotopic (exact) mass is 538 g/mol. The molecule has 2 aromatic carbocycles. The molecular weight excluding hydrogens is 504 g/mol. The molecule has 1 aromatic heterocycles. The lowest BCUT2D eigenvalue weighted by molar-refractivity contribution is -0.144. The Hall–Kier alpha value is -4.04. The summed E-state index contributed by atoms with van der Waals surface area (Å²) in [4.78, 5) is 57.0. The van der Waals surface area contributed by atoms with Crippen LogP contribution in [0.3, 0.4) is 0 Å². The number of fused-ring (bicyclic) bond motifs is 4. The van der Waals surface area contributed by atoms with E-state index in [0.717, 1.165) is 22.6 Å². The third kappa shape index (κ3) is 4.56. The normalized spacial score (nSPS) is 24.7. The second kappa shape index (κ2) is 10.2. The molecule has 206 valence electrons. The summed E-state index contributed by atoms with van der Waals surface area (Å²) < 4.78 is 1.87. The van der Waals surface area contributed by atoms with E-state index >= 15 is 0 Å². The highest BCUT2D eigenvalue weighted by molar-refractivity contribution is 6.30. The van der Waals surface area contributed by atoms with Crippen LogP contribution in [0.25, 0.3) is 0 Å². The Labute approximate surface area is 233 Å². The molecule has 6 rings (SSSR count). The Morgan fingerprint density at radius 2 is 1.62 bits per heavy atom. The number of hydrogen-bond donors (Lipinski definition) is 1. The predicted molar refractivity (Wildman–Crippen MR) is 152 cm³/mol. The van der Waals surface area contributed by atoms with Crippen LogP contribution in [0.4, 0.5) is 10.5 Å². The molecule has 3 aromatic rings. The first-order valence-corrected chi connectivity index (χ1v) is 14.0. The van der Waals surface area contributed by atoms with Gasteiger partial charge in [0.25, 0.3) is 11.5 Å². The first-order valence-electron chi connectivity index (χ1n) is 14.0. The third-order valence-corrected chi connectivity index (χ3v) is 8.69.